The van der Waals surface area contributed by atoms with Crippen LogP contribution in [-0.4, -0.2) is 34.0 Å². The molecule has 0 bridgehead atoms. The smallest absolute Gasteiger partial charge is 0.330 e. The monoisotopic (exact) mass is 264 g/mol. The van der Waals surface area contributed by atoms with Gasteiger partial charge < -0.3 is 14.6 Å². The fraction of sp³-hybridized carbons (Fsp3) is 0.333. The molecule has 0 amide bonds. The Morgan fingerprint density at radius 2 is 2.42 bits per heavy atom. The quantitative estimate of drug-likeness (QED) is 0.539. The van der Waals surface area contributed by atoms with E-state index in [0.29, 0.717) is 0 Å². The third kappa shape index (κ3) is 2.19. The molecule has 1 aromatic rings. The van der Waals surface area contributed by atoms with Gasteiger partial charge >= 0.3 is 5.69 Å². The van der Waals surface area contributed by atoms with Crippen LogP contribution in [0.25, 0.3) is 0 Å². The first-order valence-corrected chi connectivity index (χ1v) is 5.40. The van der Waals surface area contributed by atoms with E-state index in [4.69, 9.17) is 15.9 Å². The van der Waals surface area contributed by atoms with Crippen molar-refractivity contribution in [2.75, 3.05) is 13.7 Å². The Balaban J connectivity index is 2.41. The largest absolute Gasteiger partial charge is 0.490 e. The van der Waals surface area contributed by atoms with Crippen LogP contribution in [0, 0.1) is 12.3 Å². The van der Waals surface area contributed by atoms with Crippen molar-refractivity contribution in [2.24, 2.45) is 0 Å². The Morgan fingerprint density at radius 3 is 2.95 bits per heavy atom. The zero-order chi connectivity index (χ0) is 14.0. The fourth-order valence-electron chi connectivity index (χ4n) is 1.70. The SMILES string of the molecule is C#C[C@@]1(CO)C=C[C@H](n2cc(OC)c(=O)[nH]c2=O)O1. The Morgan fingerprint density at radius 1 is 1.68 bits per heavy atom. The number of nitrogens with one attached hydrogen (secondary N) is 1. The molecule has 1 aromatic heterocycles. The van der Waals surface area contributed by atoms with Gasteiger partial charge in [0.1, 0.15) is 0 Å². The van der Waals surface area contributed by atoms with Crippen LogP contribution in [0.2, 0.25) is 0 Å². The summed E-state index contributed by atoms with van der Waals surface area (Å²) in [5.41, 5.74) is -2.55. The molecule has 1 aliphatic heterocycles. The van der Waals surface area contributed by atoms with E-state index in [9.17, 15) is 14.7 Å². The molecule has 0 aromatic carbocycles. The lowest BCUT2D eigenvalue weighted by molar-refractivity contribution is -0.0504. The van der Waals surface area contributed by atoms with Crippen LogP contribution in [0.4, 0.5) is 0 Å². The Bertz CT molecular complexity index is 666. The van der Waals surface area contributed by atoms with Gasteiger partial charge in [0.05, 0.1) is 19.9 Å². The second kappa shape index (κ2) is 4.76. The highest BCUT2D eigenvalue weighted by Gasteiger charge is 2.34. The number of H-pyrrole nitrogens is 1. The van der Waals surface area contributed by atoms with Crippen molar-refractivity contribution in [3.05, 3.63) is 39.2 Å². The molecule has 0 unspecified atom stereocenters. The van der Waals surface area contributed by atoms with Gasteiger partial charge in [0, 0.05) is 0 Å². The van der Waals surface area contributed by atoms with E-state index in [1.807, 2.05) is 0 Å². The maximum absolute atomic E-state index is 11.7. The number of rotatable bonds is 3. The van der Waals surface area contributed by atoms with Crippen LogP contribution in [-0.2, 0) is 4.74 Å². The maximum atomic E-state index is 11.7. The van der Waals surface area contributed by atoms with E-state index in [0.717, 1.165) is 4.57 Å². The molecule has 0 saturated carbocycles. The number of hydrogen-bond acceptors (Lipinski definition) is 5. The van der Waals surface area contributed by atoms with Crippen LogP contribution < -0.4 is 16.0 Å². The fourth-order valence-corrected chi connectivity index (χ4v) is 1.70. The van der Waals surface area contributed by atoms with Crippen LogP contribution in [0.5, 0.6) is 5.75 Å². The van der Waals surface area contributed by atoms with Gasteiger partial charge in [0.15, 0.2) is 11.8 Å². The minimum atomic E-state index is -1.26. The number of aliphatic hydroxyl groups excluding tert-OH is 1. The molecule has 2 rings (SSSR count). The number of aromatic amines is 1. The van der Waals surface area contributed by atoms with Gasteiger partial charge in [-0.3, -0.25) is 14.3 Å². The Labute approximate surface area is 108 Å². The zero-order valence-electron chi connectivity index (χ0n) is 10.1. The minimum Gasteiger partial charge on any atom is -0.490 e. The molecule has 2 heterocycles. The first kappa shape index (κ1) is 13.1. The van der Waals surface area contributed by atoms with E-state index in [-0.39, 0.29) is 5.75 Å². The molecular formula is C12H12N2O5. The van der Waals surface area contributed by atoms with Crippen molar-refractivity contribution in [2.45, 2.75) is 11.8 Å². The number of terminal acetylenes is 1. The number of nitrogens with zero attached hydrogens (tertiary/aromatic N) is 1. The predicted molar refractivity (Wildman–Crippen MR) is 65.8 cm³/mol. The summed E-state index contributed by atoms with van der Waals surface area (Å²) in [6.07, 6.45) is 8.70. The first-order chi connectivity index (χ1) is 9.05. The summed E-state index contributed by atoms with van der Waals surface area (Å²) in [6.45, 7) is -0.411. The molecule has 100 valence electrons. The zero-order valence-corrected chi connectivity index (χ0v) is 10.1. The average Bonchev–Trinajstić information content (AvgIpc) is 2.84. The first-order valence-electron chi connectivity index (χ1n) is 5.40. The predicted octanol–water partition coefficient (Wildman–Crippen LogP) is -1.01. The standard InChI is InChI=1S/C12H12N2O5/c1-3-12(7-15)5-4-9(19-12)14-6-8(18-2)10(16)13-11(14)17/h1,4-6,9,15H,7H2,2H3,(H,13,16,17)/t9-,12+/m1/s1. The van der Waals surface area contributed by atoms with Crippen LogP contribution >= 0.6 is 0 Å². The lowest BCUT2D eigenvalue weighted by atomic mass is 10.1. The third-order valence-corrected chi connectivity index (χ3v) is 2.77. The summed E-state index contributed by atoms with van der Waals surface area (Å²) in [5, 5.41) is 9.21. The molecule has 0 radical (unpaired) electrons. The topological polar surface area (TPSA) is 93.5 Å². The second-order valence-corrected chi connectivity index (χ2v) is 3.92. The van der Waals surface area contributed by atoms with Crippen molar-refractivity contribution in [3.63, 3.8) is 0 Å². The maximum Gasteiger partial charge on any atom is 0.330 e. The van der Waals surface area contributed by atoms with Gasteiger partial charge in [-0.2, -0.15) is 0 Å². The van der Waals surface area contributed by atoms with Crippen molar-refractivity contribution in [1.82, 2.24) is 9.55 Å². The van der Waals surface area contributed by atoms with Gasteiger partial charge in [-0.1, -0.05) is 5.92 Å². The summed E-state index contributed by atoms with van der Waals surface area (Å²) >= 11 is 0. The van der Waals surface area contributed by atoms with Crippen molar-refractivity contribution in [3.8, 4) is 18.1 Å². The molecule has 19 heavy (non-hydrogen) atoms. The highest BCUT2D eigenvalue weighted by molar-refractivity contribution is 5.25. The molecule has 1 aliphatic rings. The highest BCUT2D eigenvalue weighted by atomic mass is 16.5. The van der Waals surface area contributed by atoms with E-state index < -0.39 is 29.7 Å². The number of ether oxygens (including phenoxy) is 2. The number of aromatic nitrogens is 2. The minimum absolute atomic E-state index is 0.0289. The van der Waals surface area contributed by atoms with Gasteiger partial charge in [-0.15, -0.1) is 6.42 Å². The average molecular weight is 264 g/mol. The Kier molecular flexibility index (Phi) is 3.29. The molecule has 2 N–H and O–H groups in total. The third-order valence-electron chi connectivity index (χ3n) is 2.77. The number of hydrogen-bond donors (Lipinski definition) is 2. The normalized spacial score (nSPS) is 25.2. The van der Waals surface area contributed by atoms with Crippen LogP contribution in [0.1, 0.15) is 6.23 Å². The van der Waals surface area contributed by atoms with Crippen LogP contribution in [0.15, 0.2) is 27.9 Å². The molecule has 0 aliphatic carbocycles. The summed E-state index contributed by atoms with van der Waals surface area (Å²) in [4.78, 5) is 25.2. The highest BCUT2D eigenvalue weighted by Crippen LogP contribution is 2.28. The number of aliphatic hydroxyl groups is 1. The second-order valence-electron chi connectivity index (χ2n) is 3.92. The molecule has 7 heteroatoms. The van der Waals surface area contributed by atoms with Gasteiger partial charge in [0.2, 0.25) is 5.75 Å². The molecule has 0 fully saturated rings. The van der Waals surface area contributed by atoms with Crippen molar-refractivity contribution < 1.29 is 14.6 Å². The van der Waals surface area contributed by atoms with Crippen molar-refractivity contribution in [1.29, 1.82) is 0 Å². The van der Waals surface area contributed by atoms with Crippen LogP contribution in [0.3, 0.4) is 0 Å². The summed E-state index contributed by atoms with van der Waals surface area (Å²) in [7, 11) is 1.31. The Hall–Kier alpha value is -2.30. The van der Waals surface area contributed by atoms with Gasteiger partial charge in [-0.25, -0.2) is 4.79 Å². The molecule has 0 spiro atoms. The van der Waals surface area contributed by atoms with Gasteiger partial charge in [-0.05, 0) is 12.2 Å². The van der Waals surface area contributed by atoms with Crippen molar-refractivity contribution >= 4 is 0 Å². The van der Waals surface area contributed by atoms with E-state index in [1.165, 1.54) is 25.5 Å². The summed E-state index contributed by atoms with van der Waals surface area (Å²) < 4.78 is 11.4. The van der Waals surface area contributed by atoms with E-state index >= 15 is 0 Å². The number of methoxy groups -OCH3 is 1. The lowest BCUT2D eigenvalue weighted by Gasteiger charge is -2.21. The van der Waals surface area contributed by atoms with Gasteiger partial charge in [0.25, 0.3) is 5.56 Å². The summed E-state index contributed by atoms with van der Waals surface area (Å²) in [5.74, 6) is 2.28. The molecule has 0 saturated heterocycles. The van der Waals surface area contributed by atoms with E-state index in [2.05, 4.69) is 10.9 Å². The molecular weight excluding hydrogens is 252 g/mol. The molecule has 7 nitrogen and oxygen atoms in total. The summed E-state index contributed by atoms with van der Waals surface area (Å²) in [6, 6.07) is 0. The molecule has 2 atom stereocenters. The van der Waals surface area contributed by atoms with E-state index in [1.54, 1.807) is 0 Å². The lowest BCUT2D eigenvalue weighted by Crippen LogP contribution is -2.36.